The van der Waals surface area contributed by atoms with Crippen LogP contribution >= 0.6 is 11.3 Å². The highest BCUT2D eigenvalue weighted by atomic mass is 32.1. The minimum atomic E-state index is -0.899. The van der Waals surface area contributed by atoms with Crippen molar-refractivity contribution in [3.05, 3.63) is 45.9 Å². The van der Waals surface area contributed by atoms with Crippen molar-refractivity contribution < 1.29 is 18.3 Å². The molecule has 0 amide bonds. The summed E-state index contributed by atoms with van der Waals surface area (Å²) in [4.78, 5) is 14.3. The lowest BCUT2D eigenvalue weighted by Crippen LogP contribution is -2.00. The van der Waals surface area contributed by atoms with Crippen molar-refractivity contribution in [2.45, 2.75) is 6.61 Å². The van der Waals surface area contributed by atoms with E-state index in [9.17, 15) is 13.6 Å². The quantitative estimate of drug-likeness (QED) is 0.788. The van der Waals surface area contributed by atoms with E-state index in [1.165, 1.54) is 11.3 Å². The molecule has 1 aromatic heterocycles. The molecule has 17 heavy (non-hydrogen) atoms. The Labute approximate surface area is 99.7 Å². The molecule has 0 N–H and O–H groups in total. The van der Waals surface area contributed by atoms with E-state index < -0.39 is 17.4 Å². The average molecular weight is 255 g/mol. The summed E-state index contributed by atoms with van der Waals surface area (Å²) in [6, 6.07) is 1.85. The number of aromatic nitrogens is 1. The van der Waals surface area contributed by atoms with Gasteiger partial charge in [-0.15, -0.1) is 11.3 Å². The van der Waals surface area contributed by atoms with Gasteiger partial charge in [0.25, 0.3) is 0 Å². The molecule has 0 unspecified atom stereocenters. The molecule has 0 aliphatic heterocycles. The van der Waals surface area contributed by atoms with Gasteiger partial charge in [-0.25, -0.2) is 13.8 Å². The Kier molecular flexibility index (Phi) is 3.43. The first-order valence-electron chi connectivity index (χ1n) is 4.66. The van der Waals surface area contributed by atoms with Crippen LogP contribution in [0.5, 0.6) is 5.75 Å². The molecule has 1 aromatic carbocycles. The Morgan fingerprint density at radius 1 is 1.35 bits per heavy atom. The van der Waals surface area contributed by atoms with Crippen LogP contribution < -0.4 is 4.74 Å². The van der Waals surface area contributed by atoms with Crippen molar-refractivity contribution in [1.29, 1.82) is 0 Å². The van der Waals surface area contributed by atoms with Crippen LogP contribution in [0.25, 0.3) is 0 Å². The average Bonchev–Trinajstić information content (AvgIpc) is 2.80. The Balaban J connectivity index is 2.18. The zero-order valence-electron chi connectivity index (χ0n) is 8.52. The Morgan fingerprint density at radius 3 is 2.59 bits per heavy atom. The summed E-state index contributed by atoms with van der Waals surface area (Å²) in [6.07, 6.45) is 1.95. The second-order valence-corrected chi connectivity index (χ2v) is 4.13. The molecule has 0 saturated heterocycles. The Hall–Kier alpha value is -1.82. The maximum absolute atomic E-state index is 13.4. The summed E-state index contributed by atoms with van der Waals surface area (Å²) in [7, 11) is 0. The highest BCUT2D eigenvalue weighted by Crippen LogP contribution is 2.24. The summed E-state index contributed by atoms with van der Waals surface area (Å²) in [5, 5.41) is 2.35. The lowest BCUT2D eigenvalue weighted by Gasteiger charge is -2.07. The molecule has 0 aliphatic carbocycles. The highest BCUT2D eigenvalue weighted by molar-refractivity contribution is 7.09. The fraction of sp³-hybridized carbons (Fsp3) is 0.0909. The maximum Gasteiger partial charge on any atom is 0.191 e. The molecule has 2 aromatic rings. The summed E-state index contributed by atoms with van der Waals surface area (Å²) in [6.45, 7) is -0.00799. The second kappa shape index (κ2) is 5.01. The lowest BCUT2D eigenvalue weighted by molar-refractivity contribution is 0.112. The first-order chi connectivity index (χ1) is 8.20. The standard InChI is InChI=1S/C11H7F2NO2S/c12-8-3-7(5-15)4-9(13)11(8)16-6-10-14-1-2-17-10/h1-5H,6H2. The van der Waals surface area contributed by atoms with Crippen molar-refractivity contribution in [3.63, 3.8) is 0 Å². The van der Waals surface area contributed by atoms with Gasteiger partial charge in [-0.3, -0.25) is 4.79 Å². The Morgan fingerprint density at radius 2 is 2.06 bits per heavy atom. The van der Waals surface area contributed by atoms with Gasteiger partial charge in [0.1, 0.15) is 17.9 Å². The normalized spacial score (nSPS) is 10.2. The van der Waals surface area contributed by atoms with E-state index in [0.29, 0.717) is 11.3 Å². The van der Waals surface area contributed by atoms with Crippen molar-refractivity contribution in [3.8, 4) is 5.75 Å². The molecule has 2 rings (SSSR count). The van der Waals surface area contributed by atoms with Gasteiger partial charge in [0.2, 0.25) is 0 Å². The number of hydrogen-bond acceptors (Lipinski definition) is 4. The van der Waals surface area contributed by atoms with Crippen LogP contribution in [0.1, 0.15) is 15.4 Å². The molecule has 88 valence electrons. The van der Waals surface area contributed by atoms with Crippen LogP contribution in [0.2, 0.25) is 0 Å². The first kappa shape index (κ1) is 11.7. The van der Waals surface area contributed by atoms with E-state index in [1.54, 1.807) is 11.6 Å². The molecule has 0 saturated carbocycles. The number of ether oxygens (including phenoxy) is 1. The molecule has 0 radical (unpaired) electrons. The monoisotopic (exact) mass is 255 g/mol. The predicted octanol–water partition coefficient (Wildman–Crippen LogP) is 2.81. The molecule has 0 spiro atoms. The number of aldehydes is 1. The van der Waals surface area contributed by atoms with Crippen LogP contribution in [0.15, 0.2) is 23.7 Å². The minimum absolute atomic E-state index is 0.00799. The number of hydrogen-bond donors (Lipinski definition) is 0. The number of rotatable bonds is 4. The molecule has 0 atom stereocenters. The zero-order chi connectivity index (χ0) is 12.3. The molecular formula is C11H7F2NO2S. The lowest BCUT2D eigenvalue weighted by atomic mass is 10.2. The molecule has 1 heterocycles. The van der Waals surface area contributed by atoms with Crippen molar-refractivity contribution in [1.82, 2.24) is 4.98 Å². The number of nitrogens with zero attached hydrogens (tertiary/aromatic N) is 1. The molecule has 0 bridgehead atoms. The van der Waals surface area contributed by atoms with Crippen molar-refractivity contribution >= 4 is 17.6 Å². The molecular weight excluding hydrogens is 248 g/mol. The number of carbonyl (C=O) groups is 1. The van der Waals surface area contributed by atoms with Gasteiger partial charge >= 0.3 is 0 Å². The second-order valence-electron chi connectivity index (χ2n) is 3.15. The smallest absolute Gasteiger partial charge is 0.191 e. The fourth-order valence-corrected chi connectivity index (χ4v) is 1.77. The van der Waals surface area contributed by atoms with Crippen LogP contribution in [0, 0.1) is 11.6 Å². The third-order valence-electron chi connectivity index (χ3n) is 1.98. The topological polar surface area (TPSA) is 39.2 Å². The van der Waals surface area contributed by atoms with E-state index >= 15 is 0 Å². The maximum atomic E-state index is 13.4. The largest absolute Gasteiger partial charge is 0.480 e. The fourth-order valence-electron chi connectivity index (χ4n) is 1.24. The van der Waals surface area contributed by atoms with E-state index in [4.69, 9.17) is 4.74 Å². The molecule has 0 aliphatic rings. The number of benzene rings is 1. The van der Waals surface area contributed by atoms with Gasteiger partial charge in [0.05, 0.1) is 0 Å². The number of carbonyl (C=O) groups excluding carboxylic acids is 1. The summed E-state index contributed by atoms with van der Waals surface area (Å²) >= 11 is 1.32. The number of halogens is 2. The SMILES string of the molecule is O=Cc1cc(F)c(OCc2nccs2)c(F)c1. The van der Waals surface area contributed by atoms with Gasteiger partial charge in [-0.2, -0.15) is 0 Å². The summed E-state index contributed by atoms with van der Waals surface area (Å²) in [5.41, 5.74) is -0.0680. The number of thiazole rings is 1. The van der Waals surface area contributed by atoms with E-state index in [2.05, 4.69) is 4.98 Å². The van der Waals surface area contributed by atoms with E-state index in [-0.39, 0.29) is 12.2 Å². The van der Waals surface area contributed by atoms with Crippen LogP contribution in [0.3, 0.4) is 0 Å². The molecule has 0 fully saturated rings. The van der Waals surface area contributed by atoms with Gasteiger partial charge in [0, 0.05) is 17.1 Å². The third kappa shape index (κ3) is 2.65. The molecule has 3 nitrogen and oxygen atoms in total. The van der Waals surface area contributed by atoms with Gasteiger partial charge < -0.3 is 4.74 Å². The predicted molar refractivity (Wildman–Crippen MR) is 58.2 cm³/mol. The first-order valence-corrected chi connectivity index (χ1v) is 5.54. The van der Waals surface area contributed by atoms with Crippen LogP contribution in [0.4, 0.5) is 8.78 Å². The summed E-state index contributed by atoms with van der Waals surface area (Å²) in [5.74, 6) is -2.29. The zero-order valence-corrected chi connectivity index (χ0v) is 9.34. The van der Waals surface area contributed by atoms with Crippen LogP contribution in [-0.2, 0) is 6.61 Å². The van der Waals surface area contributed by atoms with Gasteiger partial charge in [-0.1, -0.05) is 0 Å². The summed E-state index contributed by atoms with van der Waals surface area (Å²) < 4.78 is 31.8. The minimum Gasteiger partial charge on any atom is -0.480 e. The van der Waals surface area contributed by atoms with E-state index in [0.717, 1.165) is 12.1 Å². The van der Waals surface area contributed by atoms with Crippen LogP contribution in [-0.4, -0.2) is 11.3 Å². The van der Waals surface area contributed by atoms with E-state index in [1.807, 2.05) is 0 Å². The van der Waals surface area contributed by atoms with Gasteiger partial charge in [-0.05, 0) is 12.1 Å². The van der Waals surface area contributed by atoms with Gasteiger partial charge in [0.15, 0.2) is 17.4 Å². The molecule has 6 heteroatoms. The highest BCUT2D eigenvalue weighted by Gasteiger charge is 2.13. The van der Waals surface area contributed by atoms with Crippen molar-refractivity contribution in [2.24, 2.45) is 0 Å². The Bertz CT molecular complexity index is 505. The van der Waals surface area contributed by atoms with Crippen molar-refractivity contribution in [2.75, 3.05) is 0 Å². The third-order valence-corrected chi connectivity index (χ3v) is 2.73.